The third-order valence-corrected chi connectivity index (χ3v) is 4.13. The Hall–Kier alpha value is -2.51. The molecule has 0 fully saturated rings. The first-order chi connectivity index (χ1) is 11.0. The average molecular weight is 316 g/mol. The minimum absolute atomic E-state index is 0.0589. The van der Waals surface area contributed by atoms with E-state index in [-0.39, 0.29) is 11.8 Å². The second-order valence-corrected chi connectivity index (χ2v) is 6.01. The monoisotopic (exact) mass is 316 g/mol. The molecule has 2 amide bonds. The van der Waals surface area contributed by atoms with E-state index in [1.807, 2.05) is 25.1 Å². The van der Waals surface area contributed by atoms with Crippen molar-refractivity contribution in [3.63, 3.8) is 0 Å². The van der Waals surface area contributed by atoms with Crippen molar-refractivity contribution >= 4 is 23.3 Å². The van der Waals surface area contributed by atoms with E-state index in [1.54, 1.807) is 11.9 Å². The van der Waals surface area contributed by atoms with E-state index in [1.165, 1.54) is 5.01 Å². The Morgan fingerprint density at radius 1 is 1.22 bits per heavy atom. The first-order valence-electron chi connectivity index (χ1n) is 7.62. The first-order valence-corrected chi connectivity index (χ1v) is 7.62. The number of aromatic nitrogens is 2. The van der Waals surface area contributed by atoms with Crippen LogP contribution in [0.3, 0.4) is 0 Å². The number of carbonyl (C=O) groups excluding carboxylic acids is 2. The van der Waals surface area contributed by atoms with Crippen LogP contribution in [0.1, 0.15) is 24.1 Å². The van der Waals surface area contributed by atoms with Gasteiger partial charge in [-0.05, 0) is 11.6 Å². The molecule has 1 aromatic heterocycles. The fourth-order valence-electron chi connectivity index (χ4n) is 2.71. The summed E-state index contributed by atoms with van der Waals surface area (Å²) in [6.07, 6.45) is 1.43. The maximum atomic E-state index is 12.6. The van der Waals surface area contributed by atoms with Crippen molar-refractivity contribution in [3.05, 3.63) is 17.3 Å². The van der Waals surface area contributed by atoms with E-state index in [4.69, 9.17) is 0 Å². The Balaban J connectivity index is 1.78. The molecule has 0 bridgehead atoms. The van der Waals surface area contributed by atoms with Crippen molar-refractivity contribution in [2.75, 3.05) is 32.6 Å². The maximum Gasteiger partial charge on any atom is 0.270 e. The van der Waals surface area contributed by atoms with Crippen molar-refractivity contribution < 1.29 is 9.59 Å². The second kappa shape index (κ2) is 5.94. The number of carbonyl (C=O) groups is 2. The van der Waals surface area contributed by atoms with Gasteiger partial charge in [-0.2, -0.15) is 10.2 Å². The number of hydrazone groups is 1. The molecule has 0 saturated carbocycles. The zero-order chi connectivity index (χ0) is 16.6. The van der Waals surface area contributed by atoms with E-state index in [9.17, 15) is 9.59 Å². The highest BCUT2D eigenvalue weighted by Gasteiger charge is 2.29. The summed E-state index contributed by atoms with van der Waals surface area (Å²) >= 11 is 0. The van der Waals surface area contributed by atoms with Gasteiger partial charge in [0.25, 0.3) is 5.91 Å². The molecule has 8 heteroatoms. The second-order valence-electron chi connectivity index (χ2n) is 6.01. The highest BCUT2D eigenvalue weighted by molar-refractivity contribution is 6.39. The summed E-state index contributed by atoms with van der Waals surface area (Å²) < 4.78 is 0. The van der Waals surface area contributed by atoms with Crippen molar-refractivity contribution in [2.45, 2.75) is 25.8 Å². The number of hydrogen-bond donors (Lipinski definition) is 0. The van der Waals surface area contributed by atoms with Gasteiger partial charge in [-0.25, -0.2) is 5.01 Å². The largest absolute Gasteiger partial charge is 0.361 e. The van der Waals surface area contributed by atoms with E-state index in [0.717, 1.165) is 17.1 Å². The van der Waals surface area contributed by atoms with E-state index < -0.39 is 0 Å². The molecular weight excluding hydrogens is 296 g/mol. The Kier molecular flexibility index (Phi) is 3.97. The van der Waals surface area contributed by atoms with Crippen LogP contribution < -0.4 is 4.90 Å². The lowest BCUT2D eigenvalue weighted by atomic mass is 10.0. The number of nitrogens with zero attached hydrogens (tertiary/aromatic N) is 6. The molecule has 0 aromatic carbocycles. The van der Waals surface area contributed by atoms with Crippen LogP contribution in [0.25, 0.3) is 0 Å². The zero-order valence-electron chi connectivity index (χ0n) is 13.6. The zero-order valence-corrected chi connectivity index (χ0v) is 13.6. The van der Waals surface area contributed by atoms with Crippen molar-refractivity contribution in [3.8, 4) is 0 Å². The molecule has 8 nitrogen and oxygen atoms in total. The molecule has 0 unspecified atom stereocenters. The number of anilines is 1. The Bertz CT molecular complexity index is 685. The van der Waals surface area contributed by atoms with Gasteiger partial charge in [-0.15, -0.1) is 5.10 Å². The summed E-state index contributed by atoms with van der Waals surface area (Å²) in [6, 6.07) is 1.97. The quantitative estimate of drug-likeness (QED) is 0.769. The van der Waals surface area contributed by atoms with Crippen LogP contribution >= 0.6 is 0 Å². The molecule has 1 aromatic rings. The summed E-state index contributed by atoms with van der Waals surface area (Å²) in [4.78, 5) is 27.8. The standard InChI is InChI=1S/C15H20N6O2/c1-19(2)13-8-10-9-21(7-6-11(10)16-17-13)15(23)12-4-5-14(22)20(3)18-12/h8H,4-7,9H2,1-3H3. The molecule has 0 spiro atoms. The van der Waals surface area contributed by atoms with Gasteiger partial charge >= 0.3 is 0 Å². The SMILES string of the molecule is CN1N=C(C(=O)N2CCc3nnc(N(C)C)cc3C2)CCC1=O. The third kappa shape index (κ3) is 3.01. The van der Waals surface area contributed by atoms with Crippen molar-refractivity contribution in [1.82, 2.24) is 20.1 Å². The van der Waals surface area contributed by atoms with Crippen LogP contribution in [0.15, 0.2) is 11.2 Å². The molecule has 122 valence electrons. The fourth-order valence-corrected chi connectivity index (χ4v) is 2.71. The van der Waals surface area contributed by atoms with Gasteiger partial charge in [0, 0.05) is 53.5 Å². The topological polar surface area (TPSA) is 82.0 Å². The van der Waals surface area contributed by atoms with Crippen LogP contribution in [0, 0.1) is 0 Å². The Labute approximate surface area is 134 Å². The third-order valence-electron chi connectivity index (χ3n) is 4.13. The van der Waals surface area contributed by atoms with Crippen LogP contribution in [0.2, 0.25) is 0 Å². The number of fused-ring (bicyclic) bond motifs is 1. The van der Waals surface area contributed by atoms with Crippen LogP contribution in [-0.2, 0) is 22.6 Å². The number of amides is 2. The van der Waals surface area contributed by atoms with Crippen molar-refractivity contribution in [1.29, 1.82) is 0 Å². The van der Waals surface area contributed by atoms with Crippen LogP contribution in [-0.4, -0.2) is 65.3 Å². The van der Waals surface area contributed by atoms with Gasteiger partial charge in [-0.1, -0.05) is 0 Å². The van der Waals surface area contributed by atoms with Crippen LogP contribution in [0.4, 0.5) is 5.82 Å². The van der Waals surface area contributed by atoms with Gasteiger partial charge in [-0.3, -0.25) is 9.59 Å². The first kappa shape index (κ1) is 15.4. The summed E-state index contributed by atoms with van der Waals surface area (Å²) in [7, 11) is 5.40. The molecule has 0 aliphatic carbocycles. The summed E-state index contributed by atoms with van der Waals surface area (Å²) in [5, 5.41) is 13.8. The highest BCUT2D eigenvalue weighted by atomic mass is 16.2. The predicted molar refractivity (Wildman–Crippen MR) is 84.9 cm³/mol. The molecular formula is C15H20N6O2. The summed E-state index contributed by atoms with van der Waals surface area (Å²) in [5.74, 6) is 0.619. The number of rotatable bonds is 2. The minimum atomic E-state index is -0.0989. The normalized spacial score (nSPS) is 17.7. The predicted octanol–water partition coefficient (Wildman–Crippen LogP) is 0.0355. The minimum Gasteiger partial charge on any atom is -0.361 e. The maximum absolute atomic E-state index is 12.6. The molecule has 3 rings (SSSR count). The Morgan fingerprint density at radius 2 is 2.00 bits per heavy atom. The van der Waals surface area contributed by atoms with E-state index in [0.29, 0.717) is 38.1 Å². The molecule has 23 heavy (non-hydrogen) atoms. The Morgan fingerprint density at radius 3 is 2.70 bits per heavy atom. The summed E-state index contributed by atoms with van der Waals surface area (Å²) in [6.45, 7) is 1.10. The average Bonchev–Trinajstić information content (AvgIpc) is 2.55. The lowest BCUT2D eigenvalue weighted by Gasteiger charge is -2.30. The molecule has 3 heterocycles. The highest BCUT2D eigenvalue weighted by Crippen LogP contribution is 2.21. The van der Waals surface area contributed by atoms with Gasteiger partial charge < -0.3 is 9.80 Å². The fraction of sp³-hybridized carbons (Fsp3) is 0.533. The summed E-state index contributed by atoms with van der Waals surface area (Å²) in [5.41, 5.74) is 2.41. The van der Waals surface area contributed by atoms with Gasteiger partial charge in [0.15, 0.2) is 5.82 Å². The smallest absolute Gasteiger partial charge is 0.270 e. The van der Waals surface area contributed by atoms with Crippen LogP contribution in [0.5, 0.6) is 0 Å². The lowest BCUT2D eigenvalue weighted by Crippen LogP contribution is -2.43. The molecule has 0 atom stereocenters. The van der Waals surface area contributed by atoms with Gasteiger partial charge in [0.2, 0.25) is 5.91 Å². The lowest BCUT2D eigenvalue weighted by molar-refractivity contribution is -0.130. The molecule has 0 saturated heterocycles. The van der Waals surface area contributed by atoms with Crippen molar-refractivity contribution in [2.24, 2.45) is 5.10 Å². The van der Waals surface area contributed by atoms with E-state index >= 15 is 0 Å². The molecule has 2 aliphatic heterocycles. The molecule has 2 aliphatic rings. The number of hydrogen-bond acceptors (Lipinski definition) is 6. The van der Waals surface area contributed by atoms with E-state index in [2.05, 4.69) is 15.3 Å². The molecule has 0 radical (unpaired) electrons. The van der Waals surface area contributed by atoms with Gasteiger partial charge in [0.05, 0.1) is 5.69 Å². The van der Waals surface area contributed by atoms with Gasteiger partial charge in [0.1, 0.15) is 5.71 Å². The molecule has 0 N–H and O–H groups in total.